The molecule has 1 aromatic carbocycles. The van der Waals surface area contributed by atoms with Crippen LogP contribution in [0.3, 0.4) is 0 Å². The molecule has 0 bridgehead atoms. The van der Waals surface area contributed by atoms with Crippen molar-refractivity contribution in [1.82, 2.24) is 4.90 Å². The Hall–Kier alpha value is -1.09. The number of hydrogen-bond donors (Lipinski definition) is 0. The number of alkyl halides is 1. The van der Waals surface area contributed by atoms with Gasteiger partial charge in [-0.25, -0.2) is 4.39 Å². The molecule has 0 spiro atoms. The highest BCUT2D eigenvalue weighted by atomic mass is 35.5. The maximum absolute atomic E-state index is 13.0. The minimum Gasteiger partial charge on any atom is -0.337 e. The zero-order chi connectivity index (χ0) is 12.7. The summed E-state index contributed by atoms with van der Waals surface area (Å²) in [7, 11) is 0. The normalized spacial score (nSPS) is 10.3. The molecule has 0 aromatic heterocycles. The Morgan fingerprint density at radius 2 is 2.18 bits per heavy atom. The van der Waals surface area contributed by atoms with Gasteiger partial charge in [-0.2, -0.15) is 0 Å². The summed E-state index contributed by atoms with van der Waals surface area (Å²) in [5.74, 6) is -0.152. The summed E-state index contributed by atoms with van der Waals surface area (Å²) >= 11 is 5.67. The molecule has 1 rings (SSSR count). The number of carbonyl (C=O) groups excluding carboxylic acids is 1. The van der Waals surface area contributed by atoms with Gasteiger partial charge in [0.15, 0.2) is 0 Å². The summed E-state index contributed by atoms with van der Waals surface area (Å²) in [6.45, 7) is 3.22. The second-order valence-electron chi connectivity index (χ2n) is 3.85. The van der Waals surface area contributed by atoms with E-state index in [0.29, 0.717) is 24.5 Å². The van der Waals surface area contributed by atoms with Crippen LogP contribution in [-0.2, 0) is 0 Å². The summed E-state index contributed by atoms with van der Waals surface area (Å²) in [5, 5.41) is 0. The minimum atomic E-state index is -0.392. The quantitative estimate of drug-likeness (QED) is 0.716. The van der Waals surface area contributed by atoms with Crippen molar-refractivity contribution < 1.29 is 9.18 Å². The molecule has 0 fully saturated rings. The Balaban J connectivity index is 2.76. The van der Waals surface area contributed by atoms with Crippen molar-refractivity contribution in [1.29, 1.82) is 0 Å². The van der Waals surface area contributed by atoms with Crippen molar-refractivity contribution in [3.8, 4) is 0 Å². The number of hydrogen-bond acceptors (Lipinski definition) is 1. The molecular weight excluding hydrogens is 241 g/mol. The predicted octanol–water partition coefficient (Wildman–Crippen LogP) is 3.31. The summed E-state index contributed by atoms with van der Waals surface area (Å²) in [6.07, 6.45) is 1.94. The molecule has 0 radical (unpaired) electrons. The topological polar surface area (TPSA) is 20.3 Å². The number of unbranched alkanes of at least 4 members (excludes halogenated alkanes) is 1. The Bertz CT molecular complexity index is 370. The van der Waals surface area contributed by atoms with E-state index in [-0.39, 0.29) is 5.91 Å². The average molecular weight is 258 g/mol. The summed E-state index contributed by atoms with van der Waals surface area (Å²) in [5.41, 5.74) is 0.381. The van der Waals surface area contributed by atoms with E-state index in [1.54, 1.807) is 17.0 Å². The average Bonchev–Trinajstić information content (AvgIpc) is 2.33. The number of nitrogens with zero attached hydrogens (tertiary/aromatic N) is 1. The van der Waals surface area contributed by atoms with E-state index in [4.69, 9.17) is 11.6 Å². The molecule has 2 nitrogen and oxygen atoms in total. The zero-order valence-electron chi connectivity index (χ0n) is 9.96. The van der Waals surface area contributed by atoms with Gasteiger partial charge in [-0.15, -0.1) is 11.6 Å². The van der Waals surface area contributed by atoms with E-state index >= 15 is 0 Å². The number of carbonyl (C=O) groups is 1. The Morgan fingerprint density at radius 1 is 1.41 bits per heavy atom. The van der Waals surface area contributed by atoms with Crippen molar-refractivity contribution >= 4 is 17.5 Å². The van der Waals surface area contributed by atoms with Gasteiger partial charge in [0.2, 0.25) is 0 Å². The van der Waals surface area contributed by atoms with Crippen LogP contribution in [0.15, 0.2) is 24.3 Å². The molecule has 0 heterocycles. The molecule has 0 aliphatic rings. The first-order chi connectivity index (χ1) is 8.19. The molecule has 1 amide bonds. The lowest BCUT2D eigenvalue weighted by molar-refractivity contribution is 0.0763. The molecule has 0 aliphatic heterocycles. The van der Waals surface area contributed by atoms with Gasteiger partial charge in [-0.05, 0) is 24.6 Å². The number of rotatable bonds is 6. The van der Waals surface area contributed by atoms with Crippen molar-refractivity contribution in [2.45, 2.75) is 19.8 Å². The third-order valence-electron chi connectivity index (χ3n) is 2.49. The highest BCUT2D eigenvalue weighted by Crippen LogP contribution is 2.08. The van der Waals surface area contributed by atoms with Crippen molar-refractivity contribution in [3.05, 3.63) is 35.6 Å². The maximum Gasteiger partial charge on any atom is 0.253 e. The lowest BCUT2D eigenvalue weighted by Gasteiger charge is -2.21. The van der Waals surface area contributed by atoms with Crippen molar-refractivity contribution in [2.75, 3.05) is 19.0 Å². The Kier molecular flexibility index (Phi) is 5.98. The monoisotopic (exact) mass is 257 g/mol. The van der Waals surface area contributed by atoms with Crippen LogP contribution in [-0.4, -0.2) is 29.8 Å². The van der Waals surface area contributed by atoms with Crippen LogP contribution in [0.2, 0.25) is 0 Å². The van der Waals surface area contributed by atoms with Gasteiger partial charge < -0.3 is 4.90 Å². The van der Waals surface area contributed by atoms with E-state index in [1.165, 1.54) is 12.1 Å². The van der Waals surface area contributed by atoms with Crippen molar-refractivity contribution in [3.63, 3.8) is 0 Å². The van der Waals surface area contributed by atoms with Gasteiger partial charge in [0.05, 0.1) is 0 Å². The molecule has 17 heavy (non-hydrogen) atoms. The van der Waals surface area contributed by atoms with Gasteiger partial charge >= 0.3 is 0 Å². The smallest absolute Gasteiger partial charge is 0.253 e. The van der Waals surface area contributed by atoms with E-state index in [9.17, 15) is 9.18 Å². The lowest BCUT2D eigenvalue weighted by Crippen LogP contribution is -2.33. The minimum absolute atomic E-state index is 0.154. The molecule has 0 atom stereocenters. The summed E-state index contributed by atoms with van der Waals surface area (Å²) < 4.78 is 13.0. The number of halogens is 2. The fourth-order valence-electron chi connectivity index (χ4n) is 1.57. The first-order valence-corrected chi connectivity index (χ1v) is 6.33. The fourth-order valence-corrected chi connectivity index (χ4v) is 1.77. The Morgan fingerprint density at radius 3 is 2.76 bits per heavy atom. The van der Waals surface area contributed by atoms with Crippen LogP contribution in [0.1, 0.15) is 30.1 Å². The second-order valence-corrected chi connectivity index (χ2v) is 4.22. The zero-order valence-corrected chi connectivity index (χ0v) is 10.7. The molecule has 0 unspecified atom stereocenters. The first-order valence-electron chi connectivity index (χ1n) is 5.79. The van der Waals surface area contributed by atoms with E-state index in [2.05, 4.69) is 6.92 Å². The molecule has 0 saturated carbocycles. The van der Waals surface area contributed by atoms with Crippen LogP contribution in [0.4, 0.5) is 4.39 Å². The maximum atomic E-state index is 13.0. The summed E-state index contributed by atoms with van der Waals surface area (Å²) in [4.78, 5) is 13.8. The fraction of sp³-hybridized carbons (Fsp3) is 0.462. The number of amides is 1. The summed E-state index contributed by atoms with van der Waals surface area (Å²) in [6, 6.07) is 5.75. The van der Waals surface area contributed by atoms with E-state index in [0.717, 1.165) is 12.8 Å². The second kappa shape index (κ2) is 7.28. The van der Waals surface area contributed by atoms with Crippen molar-refractivity contribution in [2.24, 2.45) is 0 Å². The standard InChI is InChI=1S/C13H17ClFNO/c1-2-3-8-16(9-7-14)13(17)11-5-4-6-12(15)10-11/h4-6,10H,2-3,7-9H2,1H3. The predicted molar refractivity (Wildman–Crippen MR) is 67.9 cm³/mol. The van der Waals surface area contributed by atoms with Gasteiger partial charge in [0.1, 0.15) is 5.82 Å². The first kappa shape index (κ1) is 14.0. The van der Waals surface area contributed by atoms with Crippen LogP contribution in [0, 0.1) is 5.82 Å². The largest absolute Gasteiger partial charge is 0.337 e. The van der Waals surface area contributed by atoms with Crippen LogP contribution in [0.25, 0.3) is 0 Å². The van der Waals surface area contributed by atoms with E-state index < -0.39 is 5.82 Å². The third-order valence-corrected chi connectivity index (χ3v) is 2.66. The number of benzene rings is 1. The molecule has 0 aliphatic carbocycles. The highest BCUT2D eigenvalue weighted by Gasteiger charge is 2.14. The van der Waals surface area contributed by atoms with Gasteiger partial charge in [-0.3, -0.25) is 4.79 Å². The van der Waals surface area contributed by atoms with Gasteiger partial charge in [-0.1, -0.05) is 19.4 Å². The SMILES string of the molecule is CCCCN(CCCl)C(=O)c1cccc(F)c1. The third kappa shape index (κ3) is 4.35. The molecule has 0 saturated heterocycles. The van der Waals surface area contributed by atoms with Gasteiger partial charge in [0, 0.05) is 24.5 Å². The molecule has 1 aromatic rings. The van der Waals surface area contributed by atoms with Gasteiger partial charge in [0.25, 0.3) is 5.91 Å². The van der Waals surface area contributed by atoms with Crippen LogP contribution in [0.5, 0.6) is 0 Å². The highest BCUT2D eigenvalue weighted by molar-refractivity contribution is 6.18. The molecular formula is C13H17ClFNO. The molecule has 4 heteroatoms. The molecule has 94 valence electrons. The van der Waals surface area contributed by atoms with Crippen LogP contribution < -0.4 is 0 Å². The van der Waals surface area contributed by atoms with E-state index in [1.807, 2.05) is 0 Å². The molecule has 0 N–H and O–H groups in total. The lowest BCUT2D eigenvalue weighted by atomic mass is 10.2. The van der Waals surface area contributed by atoms with Crippen LogP contribution >= 0.6 is 11.6 Å². The Labute approximate surface area is 106 Å².